The molecule has 1 aliphatic heterocycles. The number of amides is 1. The van der Waals surface area contributed by atoms with Crippen LogP contribution in [0, 0.1) is 23.5 Å². The summed E-state index contributed by atoms with van der Waals surface area (Å²) in [6.45, 7) is 4.73. The molecule has 9 heteroatoms. The fourth-order valence-electron chi connectivity index (χ4n) is 5.92. The molecular formula is C30H38F2N4O3. The van der Waals surface area contributed by atoms with Gasteiger partial charge in [-0.25, -0.2) is 8.78 Å². The van der Waals surface area contributed by atoms with Gasteiger partial charge in [0.05, 0.1) is 17.7 Å². The molecule has 1 amide bonds. The van der Waals surface area contributed by atoms with Gasteiger partial charge in [-0.05, 0) is 68.3 Å². The Morgan fingerprint density at radius 1 is 1.05 bits per heavy atom. The van der Waals surface area contributed by atoms with E-state index in [1.165, 1.54) is 38.2 Å². The molecule has 2 fully saturated rings. The van der Waals surface area contributed by atoms with E-state index in [4.69, 9.17) is 14.6 Å². The van der Waals surface area contributed by atoms with Gasteiger partial charge in [0, 0.05) is 50.9 Å². The summed E-state index contributed by atoms with van der Waals surface area (Å²) >= 11 is 0. The number of piperidine rings is 1. The summed E-state index contributed by atoms with van der Waals surface area (Å²) < 4.78 is 41.0. The van der Waals surface area contributed by atoms with Crippen LogP contribution in [0.2, 0.25) is 0 Å². The van der Waals surface area contributed by atoms with Crippen molar-refractivity contribution in [2.24, 2.45) is 11.8 Å². The Morgan fingerprint density at radius 2 is 1.87 bits per heavy atom. The zero-order valence-electron chi connectivity index (χ0n) is 22.6. The number of fused-ring (bicyclic) bond motifs is 1. The van der Waals surface area contributed by atoms with Crippen molar-refractivity contribution < 1.29 is 23.0 Å². The first-order chi connectivity index (χ1) is 19.0. The van der Waals surface area contributed by atoms with Crippen LogP contribution in [0.5, 0.6) is 11.5 Å². The highest BCUT2D eigenvalue weighted by Crippen LogP contribution is 2.32. The molecule has 1 aliphatic carbocycles. The fourth-order valence-corrected chi connectivity index (χ4v) is 5.92. The number of nitrogens with zero attached hydrogens (tertiary/aromatic N) is 3. The Bertz CT molecular complexity index is 1270. The number of rotatable bonds is 10. The van der Waals surface area contributed by atoms with Gasteiger partial charge in [0.2, 0.25) is 0 Å². The Morgan fingerprint density at radius 3 is 2.67 bits per heavy atom. The number of ether oxygens (including phenoxy) is 2. The number of nitrogens with one attached hydrogen (secondary N) is 1. The number of carbonyl (C=O) groups excluding carboxylic acids is 1. The second-order valence-electron chi connectivity index (χ2n) is 11.0. The molecule has 39 heavy (non-hydrogen) atoms. The molecule has 1 saturated heterocycles. The first kappa shape index (κ1) is 27.5. The zero-order chi connectivity index (χ0) is 27.2. The Kier molecular flexibility index (Phi) is 9.09. The van der Waals surface area contributed by atoms with Crippen molar-refractivity contribution in [2.45, 2.75) is 51.5 Å². The topological polar surface area (TPSA) is 68.6 Å². The average Bonchev–Trinajstić information content (AvgIpc) is 3.32. The van der Waals surface area contributed by atoms with E-state index < -0.39 is 11.6 Å². The quantitative estimate of drug-likeness (QED) is 0.353. The molecular weight excluding hydrogens is 502 g/mol. The second-order valence-corrected chi connectivity index (χ2v) is 11.0. The van der Waals surface area contributed by atoms with E-state index in [0.717, 1.165) is 63.1 Å². The minimum Gasteiger partial charge on any atom is -0.453 e. The predicted octanol–water partition coefficient (Wildman–Crippen LogP) is 5.78. The first-order valence-electron chi connectivity index (χ1n) is 14.1. The van der Waals surface area contributed by atoms with Crippen LogP contribution in [0.4, 0.5) is 8.78 Å². The number of halogens is 2. The van der Waals surface area contributed by atoms with Crippen LogP contribution in [0.15, 0.2) is 36.5 Å². The summed E-state index contributed by atoms with van der Waals surface area (Å²) in [5.74, 6) is -0.665. The van der Waals surface area contributed by atoms with Crippen molar-refractivity contribution in [2.75, 3.05) is 39.9 Å². The highest BCUT2D eigenvalue weighted by Gasteiger charge is 2.22. The van der Waals surface area contributed by atoms with Gasteiger partial charge in [-0.3, -0.25) is 9.48 Å². The molecule has 0 radical (unpaired) electrons. The smallest absolute Gasteiger partial charge is 0.255 e. The number of carbonyl (C=O) groups is 1. The molecule has 2 heterocycles. The van der Waals surface area contributed by atoms with E-state index >= 15 is 0 Å². The van der Waals surface area contributed by atoms with Crippen LogP contribution >= 0.6 is 0 Å². The van der Waals surface area contributed by atoms with Gasteiger partial charge in [0.25, 0.3) is 5.91 Å². The predicted molar refractivity (Wildman–Crippen MR) is 146 cm³/mol. The lowest BCUT2D eigenvalue weighted by atomic mass is 9.89. The fraction of sp³-hybridized carbons (Fsp3) is 0.533. The number of benzene rings is 2. The van der Waals surface area contributed by atoms with Crippen LogP contribution in [0.3, 0.4) is 0 Å². The van der Waals surface area contributed by atoms with Crippen LogP contribution in [0.25, 0.3) is 10.9 Å². The molecule has 1 unspecified atom stereocenters. The number of hydrogen-bond acceptors (Lipinski definition) is 5. The van der Waals surface area contributed by atoms with Gasteiger partial charge < -0.3 is 19.7 Å². The largest absolute Gasteiger partial charge is 0.453 e. The molecule has 1 aromatic heterocycles. The number of methoxy groups -OCH3 is 1. The first-order valence-corrected chi connectivity index (χ1v) is 14.1. The normalized spacial score (nSPS) is 18.9. The van der Waals surface area contributed by atoms with Crippen molar-refractivity contribution in [1.82, 2.24) is 20.0 Å². The maximum absolute atomic E-state index is 14.4. The highest BCUT2D eigenvalue weighted by molar-refractivity contribution is 6.01. The van der Waals surface area contributed by atoms with Gasteiger partial charge in [-0.2, -0.15) is 5.10 Å². The molecule has 7 nitrogen and oxygen atoms in total. The van der Waals surface area contributed by atoms with Gasteiger partial charge in [-0.1, -0.05) is 19.3 Å². The van der Waals surface area contributed by atoms with Crippen molar-refractivity contribution in [3.63, 3.8) is 0 Å². The van der Waals surface area contributed by atoms with Gasteiger partial charge in [0.1, 0.15) is 11.6 Å². The standard InChI is InChI=1S/C30H38F2N4O3/c1-38-20-22-8-5-12-35(17-22)13-11-33-30(37)25-16-27-23(19-36(34-27)18-21-6-3-2-4-7-21)14-29(25)39-28-10-9-24(31)15-26(28)32/h9-10,14-16,19,21-22H,2-8,11-13,17-18,20H2,1H3,(H,33,37). The van der Waals surface area contributed by atoms with Crippen LogP contribution in [-0.2, 0) is 11.3 Å². The number of hydrogen-bond donors (Lipinski definition) is 1. The van der Waals surface area contributed by atoms with E-state index in [9.17, 15) is 13.6 Å². The third-order valence-corrected chi connectivity index (χ3v) is 7.90. The minimum absolute atomic E-state index is 0.142. The summed E-state index contributed by atoms with van der Waals surface area (Å²) in [7, 11) is 1.73. The lowest BCUT2D eigenvalue weighted by molar-refractivity contribution is 0.0866. The maximum Gasteiger partial charge on any atom is 0.255 e. The van der Waals surface area contributed by atoms with Crippen LogP contribution in [-0.4, -0.2) is 60.5 Å². The van der Waals surface area contributed by atoms with Crippen molar-refractivity contribution in [3.8, 4) is 11.5 Å². The van der Waals surface area contributed by atoms with Crippen LogP contribution < -0.4 is 10.1 Å². The van der Waals surface area contributed by atoms with Crippen molar-refractivity contribution >= 4 is 16.8 Å². The monoisotopic (exact) mass is 540 g/mol. The Hall–Kier alpha value is -3.04. The lowest BCUT2D eigenvalue weighted by Crippen LogP contribution is -2.41. The van der Waals surface area contributed by atoms with Gasteiger partial charge >= 0.3 is 0 Å². The summed E-state index contributed by atoms with van der Waals surface area (Å²) in [6.07, 6.45) is 10.4. The molecule has 0 spiro atoms. The third kappa shape index (κ3) is 7.13. The molecule has 3 aromatic rings. The molecule has 1 N–H and O–H groups in total. The molecule has 1 saturated carbocycles. The second kappa shape index (κ2) is 12.9. The molecule has 0 bridgehead atoms. The van der Waals surface area contributed by atoms with E-state index in [1.807, 2.05) is 10.9 Å². The lowest BCUT2D eigenvalue weighted by Gasteiger charge is -2.32. The summed E-state index contributed by atoms with van der Waals surface area (Å²) in [6, 6.07) is 6.56. The average molecular weight is 541 g/mol. The van der Waals surface area contributed by atoms with E-state index in [-0.39, 0.29) is 23.0 Å². The van der Waals surface area contributed by atoms with Gasteiger partial charge in [-0.15, -0.1) is 0 Å². The SMILES string of the molecule is COCC1CCCN(CCNC(=O)c2cc3nn(CC4CCCCC4)cc3cc2Oc2ccc(F)cc2F)C1. The Balaban J connectivity index is 1.33. The van der Waals surface area contributed by atoms with Crippen molar-refractivity contribution in [1.29, 1.82) is 0 Å². The minimum atomic E-state index is -0.829. The number of likely N-dealkylation sites (tertiary alicyclic amines) is 1. The molecule has 210 valence electrons. The molecule has 2 aliphatic rings. The van der Waals surface area contributed by atoms with E-state index in [0.29, 0.717) is 23.9 Å². The molecule has 1 atom stereocenters. The summed E-state index contributed by atoms with van der Waals surface area (Å²) in [5, 5.41) is 8.55. The third-order valence-electron chi connectivity index (χ3n) is 7.90. The summed E-state index contributed by atoms with van der Waals surface area (Å²) in [5.41, 5.74) is 0.950. The van der Waals surface area contributed by atoms with E-state index in [2.05, 4.69) is 10.2 Å². The maximum atomic E-state index is 14.4. The highest BCUT2D eigenvalue weighted by atomic mass is 19.1. The van der Waals surface area contributed by atoms with Gasteiger partial charge in [0.15, 0.2) is 11.6 Å². The summed E-state index contributed by atoms with van der Waals surface area (Å²) in [4.78, 5) is 15.7. The van der Waals surface area contributed by atoms with E-state index in [1.54, 1.807) is 19.2 Å². The molecule has 2 aromatic carbocycles. The zero-order valence-corrected chi connectivity index (χ0v) is 22.6. The Labute approximate surface area is 228 Å². The number of aromatic nitrogens is 2. The van der Waals surface area contributed by atoms with Crippen LogP contribution in [0.1, 0.15) is 55.3 Å². The van der Waals surface area contributed by atoms with Crippen molar-refractivity contribution in [3.05, 3.63) is 53.7 Å². The molecule has 5 rings (SSSR count).